The Morgan fingerprint density at radius 2 is 0.912 bits per heavy atom. The molecule has 8 aromatic carbocycles. The van der Waals surface area contributed by atoms with Gasteiger partial charge in [0, 0.05) is 43.4 Å². The van der Waals surface area contributed by atoms with Crippen molar-refractivity contribution in [2.24, 2.45) is 0 Å². The zero-order valence-electron chi connectivity index (χ0n) is 30.4. The Bertz CT molecular complexity index is 3410. The first-order valence-corrected chi connectivity index (χ1v) is 19.0. The Morgan fingerprint density at radius 1 is 0.351 bits per heavy atom. The van der Waals surface area contributed by atoms with Crippen molar-refractivity contribution in [1.82, 2.24) is 19.5 Å². The van der Waals surface area contributed by atoms with Gasteiger partial charge in [-0.25, -0.2) is 15.0 Å². The predicted octanol–water partition coefficient (Wildman–Crippen LogP) is 13.4. The summed E-state index contributed by atoms with van der Waals surface area (Å²) in [6.45, 7) is 0. The fourth-order valence-corrected chi connectivity index (χ4v) is 8.50. The van der Waals surface area contributed by atoms with Crippen LogP contribution in [-0.4, -0.2) is 19.5 Å². The van der Waals surface area contributed by atoms with Crippen molar-refractivity contribution in [1.29, 1.82) is 0 Å². The van der Waals surface area contributed by atoms with Gasteiger partial charge in [-0.15, -0.1) is 0 Å². The highest BCUT2D eigenvalue weighted by Crippen LogP contribution is 2.43. The standard InChI is InChI=1S/C51H30N4O2/c1-3-14-31(15-4-1)49-52-50(32-16-5-2-6-17-32)54-51(53-49)40-23-11-22-39-46-34(20-13-27-44(46)56-47(39)40)33-28-29-37-38-21-12-26-43(48(38)57-45(37)30-33)55-41-24-9-7-18-35(41)36-19-8-10-25-42(36)55/h1-30H. The topological polar surface area (TPSA) is 69.9 Å². The van der Waals surface area contributed by atoms with Crippen molar-refractivity contribution in [3.05, 3.63) is 182 Å². The Kier molecular flexibility index (Phi) is 6.83. The molecule has 0 amide bonds. The first-order valence-electron chi connectivity index (χ1n) is 19.0. The number of fused-ring (bicyclic) bond motifs is 9. The maximum absolute atomic E-state index is 6.85. The zero-order valence-corrected chi connectivity index (χ0v) is 30.4. The number of hydrogen-bond acceptors (Lipinski definition) is 5. The summed E-state index contributed by atoms with van der Waals surface area (Å²) in [6, 6.07) is 62.6. The summed E-state index contributed by atoms with van der Waals surface area (Å²) < 4.78 is 15.9. The van der Waals surface area contributed by atoms with Gasteiger partial charge >= 0.3 is 0 Å². The van der Waals surface area contributed by atoms with E-state index in [9.17, 15) is 0 Å². The van der Waals surface area contributed by atoms with E-state index in [0.717, 1.165) is 88.4 Å². The number of rotatable bonds is 5. The van der Waals surface area contributed by atoms with Crippen LogP contribution < -0.4 is 0 Å². The SMILES string of the molecule is c1ccc(-c2nc(-c3ccccc3)nc(-c3cccc4c3oc3cccc(-c5ccc6c(c5)oc5c(-n7c8ccccc8c8ccccc87)cccc56)c34)n2)cc1. The van der Waals surface area contributed by atoms with Crippen LogP contribution in [0, 0.1) is 0 Å². The van der Waals surface area contributed by atoms with E-state index in [-0.39, 0.29) is 0 Å². The van der Waals surface area contributed by atoms with Gasteiger partial charge in [0.1, 0.15) is 16.7 Å². The van der Waals surface area contributed by atoms with Gasteiger partial charge in [0.2, 0.25) is 0 Å². The summed E-state index contributed by atoms with van der Waals surface area (Å²) in [6.07, 6.45) is 0. The fourth-order valence-electron chi connectivity index (χ4n) is 8.50. The molecule has 0 radical (unpaired) electrons. The molecule has 0 saturated heterocycles. The summed E-state index contributed by atoms with van der Waals surface area (Å²) >= 11 is 0. The highest BCUT2D eigenvalue weighted by Gasteiger charge is 2.21. The van der Waals surface area contributed by atoms with Gasteiger partial charge in [-0.05, 0) is 53.6 Å². The molecule has 6 heteroatoms. The second-order valence-corrected chi connectivity index (χ2v) is 14.3. The second kappa shape index (κ2) is 12.3. The fraction of sp³-hybridized carbons (Fsp3) is 0. The quantitative estimate of drug-likeness (QED) is 0.176. The van der Waals surface area contributed by atoms with Crippen LogP contribution in [0.3, 0.4) is 0 Å². The average Bonchev–Trinajstić information content (AvgIpc) is 3.96. The molecule has 0 unspecified atom stereocenters. The van der Waals surface area contributed by atoms with E-state index >= 15 is 0 Å². The van der Waals surface area contributed by atoms with Crippen molar-refractivity contribution in [2.45, 2.75) is 0 Å². The molecule has 0 saturated carbocycles. The number of nitrogens with zero attached hydrogens (tertiary/aromatic N) is 4. The maximum atomic E-state index is 6.85. The monoisotopic (exact) mass is 730 g/mol. The summed E-state index contributed by atoms with van der Waals surface area (Å²) in [5.74, 6) is 1.76. The lowest BCUT2D eigenvalue weighted by molar-refractivity contribution is 0.666. The van der Waals surface area contributed by atoms with E-state index in [2.05, 4.69) is 108 Å². The van der Waals surface area contributed by atoms with Crippen LogP contribution in [-0.2, 0) is 0 Å². The third-order valence-electron chi connectivity index (χ3n) is 11.1. The number of furan rings is 2. The number of para-hydroxylation sites is 4. The van der Waals surface area contributed by atoms with E-state index in [1.165, 1.54) is 10.8 Å². The van der Waals surface area contributed by atoms with Crippen molar-refractivity contribution >= 4 is 65.7 Å². The Hall–Kier alpha value is -7.83. The minimum absolute atomic E-state index is 0.552. The van der Waals surface area contributed by atoms with Crippen LogP contribution in [0.1, 0.15) is 0 Å². The number of aromatic nitrogens is 4. The largest absolute Gasteiger partial charge is 0.455 e. The minimum atomic E-state index is 0.552. The Labute approximate surface area is 325 Å². The average molecular weight is 731 g/mol. The first kappa shape index (κ1) is 31.5. The second-order valence-electron chi connectivity index (χ2n) is 14.3. The van der Waals surface area contributed by atoms with E-state index in [1.807, 2.05) is 78.9 Å². The van der Waals surface area contributed by atoms with E-state index in [0.29, 0.717) is 17.5 Å². The van der Waals surface area contributed by atoms with Crippen LogP contribution in [0.4, 0.5) is 0 Å². The molecule has 4 heterocycles. The van der Waals surface area contributed by atoms with E-state index < -0.39 is 0 Å². The van der Waals surface area contributed by atoms with Gasteiger partial charge < -0.3 is 13.4 Å². The Morgan fingerprint density at radius 3 is 1.63 bits per heavy atom. The molecule has 4 aromatic heterocycles. The number of hydrogen-bond donors (Lipinski definition) is 0. The first-order chi connectivity index (χ1) is 28.3. The lowest BCUT2D eigenvalue weighted by Crippen LogP contribution is -2.00. The van der Waals surface area contributed by atoms with Crippen molar-refractivity contribution in [2.75, 3.05) is 0 Å². The third kappa shape index (κ3) is 4.87. The maximum Gasteiger partial charge on any atom is 0.167 e. The molecule has 0 aliphatic rings. The zero-order chi connectivity index (χ0) is 37.5. The van der Waals surface area contributed by atoms with Crippen molar-refractivity contribution < 1.29 is 8.83 Å². The number of benzene rings is 8. The molecule has 12 rings (SSSR count). The van der Waals surface area contributed by atoms with E-state index in [1.54, 1.807) is 0 Å². The third-order valence-corrected chi connectivity index (χ3v) is 11.1. The van der Waals surface area contributed by atoms with Gasteiger partial charge in [-0.3, -0.25) is 0 Å². The molecule has 6 nitrogen and oxygen atoms in total. The molecule has 0 spiro atoms. The highest BCUT2D eigenvalue weighted by molar-refractivity contribution is 6.17. The molecule has 0 N–H and O–H groups in total. The molecule has 0 bridgehead atoms. The lowest BCUT2D eigenvalue weighted by atomic mass is 9.97. The molecular formula is C51H30N4O2. The summed E-state index contributed by atoms with van der Waals surface area (Å²) in [5.41, 5.74) is 11.2. The van der Waals surface area contributed by atoms with Gasteiger partial charge in [0.05, 0.1) is 22.3 Å². The molecular weight excluding hydrogens is 701 g/mol. The van der Waals surface area contributed by atoms with Gasteiger partial charge in [-0.1, -0.05) is 140 Å². The summed E-state index contributed by atoms with van der Waals surface area (Å²) in [7, 11) is 0. The molecule has 12 aromatic rings. The van der Waals surface area contributed by atoms with Crippen LogP contribution in [0.25, 0.3) is 117 Å². The lowest BCUT2D eigenvalue weighted by Gasteiger charge is -2.08. The van der Waals surface area contributed by atoms with Gasteiger partial charge in [0.25, 0.3) is 0 Å². The summed E-state index contributed by atoms with van der Waals surface area (Å²) in [5, 5.41) is 6.60. The molecule has 57 heavy (non-hydrogen) atoms. The molecule has 266 valence electrons. The molecule has 0 aliphatic heterocycles. The van der Waals surface area contributed by atoms with E-state index in [4.69, 9.17) is 23.8 Å². The van der Waals surface area contributed by atoms with Crippen LogP contribution in [0.15, 0.2) is 191 Å². The normalized spacial score (nSPS) is 11.9. The molecule has 0 atom stereocenters. The van der Waals surface area contributed by atoms with Crippen LogP contribution >= 0.6 is 0 Å². The van der Waals surface area contributed by atoms with Crippen LogP contribution in [0.5, 0.6) is 0 Å². The Balaban J connectivity index is 1.03. The van der Waals surface area contributed by atoms with Crippen molar-refractivity contribution in [3.8, 4) is 51.0 Å². The highest BCUT2D eigenvalue weighted by atomic mass is 16.3. The van der Waals surface area contributed by atoms with Crippen LogP contribution in [0.2, 0.25) is 0 Å². The van der Waals surface area contributed by atoms with Crippen molar-refractivity contribution in [3.63, 3.8) is 0 Å². The minimum Gasteiger partial charge on any atom is -0.455 e. The smallest absolute Gasteiger partial charge is 0.167 e. The molecule has 0 aliphatic carbocycles. The predicted molar refractivity (Wildman–Crippen MR) is 230 cm³/mol. The van der Waals surface area contributed by atoms with Gasteiger partial charge in [-0.2, -0.15) is 0 Å². The van der Waals surface area contributed by atoms with Gasteiger partial charge in [0.15, 0.2) is 23.1 Å². The molecule has 0 fully saturated rings. The summed E-state index contributed by atoms with van der Waals surface area (Å²) in [4.78, 5) is 14.9.